The molecule has 0 aliphatic rings. The minimum Gasteiger partial charge on any atom is -0.503 e. The number of rotatable bonds is 11. The molecule has 0 spiro atoms. The second-order valence-corrected chi connectivity index (χ2v) is 27.0. The third kappa shape index (κ3) is 34.6. The molecule has 34 heteroatoms. The monoisotopic (exact) mass is 1480 g/mol. The maximum atomic E-state index is 12.7. The van der Waals surface area contributed by atoms with Crippen molar-refractivity contribution in [2.24, 2.45) is 13.0 Å². The fourth-order valence-corrected chi connectivity index (χ4v) is 8.28. The molecular formula is C70H106F2N16O15S. The van der Waals surface area contributed by atoms with Crippen LogP contribution in [0.2, 0.25) is 0 Å². The van der Waals surface area contributed by atoms with E-state index in [4.69, 9.17) is 45.2 Å². The summed E-state index contributed by atoms with van der Waals surface area (Å²) in [4.78, 5) is 74.4. The lowest BCUT2D eigenvalue weighted by atomic mass is 10.0. The average Bonchev–Trinajstić information content (AvgIpc) is 1.85. The van der Waals surface area contributed by atoms with E-state index in [1.54, 1.807) is 73.9 Å². The number of aromatic amines is 4. The van der Waals surface area contributed by atoms with Gasteiger partial charge in [0.25, 0.3) is 16.7 Å². The van der Waals surface area contributed by atoms with Gasteiger partial charge in [-0.1, -0.05) is 169 Å². The highest BCUT2D eigenvalue weighted by molar-refractivity contribution is 7.05. The number of halogens is 2. The molecule has 0 saturated heterocycles. The largest absolute Gasteiger partial charge is 0.503 e. The van der Waals surface area contributed by atoms with Crippen LogP contribution in [0.15, 0.2) is 130 Å². The lowest BCUT2D eigenvalue weighted by molar-refractivity contribution is -0.122. The van der Waals surface area contributed by atoms with Crippen molar-refractivity contribution in [3.8, 4) is 17.7 Å². The number of carbonyl (C=O) groups excluding carboxylic acids is 1. The van der Waals surface area contributed by atoms with Gasteiger partial charge in [-0.25, -0.2) is 28.7 Å². The second kappa shape index (κ2) is 47.3. The minimum absolute atomic E-state index is 0.0173. The molecule has 31 nitrogen and oxygen atoms in total. The molecule has 1 aromatic carbocycles. The van der Waals surface area contributed by atoms with Gasteiger partial charge in [0.05, 0.1) is 48.0 Å². The van der Waals surface area contributed by atoms with Gasteiger partial charge in [-0.15, -0.1) is 15.0 Å². The van der Waals surface area contributed by atoms with Gasteiger partial charge in [0, 0.05) is 77.4 Å². The number of H-pyrrole nitrogens is 4. The van der Waals surface area contributed by atoms with Crippen molar-refractivity contribution in [1.82, 2.24) is 74.3 Å². The number of nitrogens with zero attached hydrogens (tertiary/aromatic N) is 11. The van der Waals surface area contributed by atoms with Crippen molar-refractivity contribution >= 4 is 17.4 Å². The molecule has 104 heavy (non-hydrogen) atoms. The molecule has 10 rings (SSSR count). The number of aromatic hydroxyl groups is 2. The van der Waals surface area contributed by atoms with Crippen molar-refractivity contribution < 1.29 is 58.1 Å². The van der Waals surface area contributed by atoms with Gasteiger partial charge in [-0.3, -0.25) is 43.4 Å². The highest BCUT2D eigenvalue weighted by Gasteiger charge is 2.13. The van der Waals surface area contributed by atoms with Crippen LogP contribution in [0.1, 0.15) is 267 Å². The Morgan fingerprint density at radius 1 is 0.615 bits per heavy atom. The Morgan fingerprint density at radius 3 is 1.44 bits per heavy atom. The highest BCUT2D eigenvalue weighted by atomic mass is 32.1. The van der Waals surface area contributed by atoms with E-state index in [-0.39, 0.29) is 80.8 Å². The van der Waals surface area contributed by atoms with E-state index < -0.39 is 17.4 Å². The topological polar surface area (TPSA) is 451 Å². The third-order valence-electron chi connectivity index (χ3n) is 13.7. The number of aryl methyl sites for hydroxylation is 1. The van der Waals surface area contributed by atoms with E-state index in [0.29, 0.717) is 51.9 Å². The van der Waals surface area contributed by atoms with E-state index in [1.807, 2.05) is 123 Å². The van der Waals surface area contributed by atoms with Crippen LogP contribution < -0.4 is 33.0 Å². The number of hydrogen-bond donors (Lipinski definition) is 11. The molecule has 0 atom stereocenters. The summed E-state index contributed by atoms with van der Waals surface area (Å²) in [5.41, 5.74) is 4.44. The first-order valence-corrected chi connectivity index (χ1v) is 34.0. The van der Waals surface area contributed by atoms with Crippen LogP contribution in [-0.2, 0) is 11.8 Å². The molecule has 0 bridgehead atoms. The fourth-order valence-electron chi connectivity index (χ4n) is 7.60. The smallest absolute Gasteiger partial charge is 0.360 e. The van der Waals surface area contributed by atoms with Gasteiger partial charge in [0.2, 0.25) is 11.3 Å². The Balaban J connectivity index is 0.00000112. The van der Waals surface area contributed by atoms with E-state index in [2.05, 4.69) is 77.4 Å². The third-order valence-corrected chi connectivity index (χ3v) is 14.8. The van der Waals surface area contributed by atoms with E-state index >= 15 is 0 Å². The summed E-state index contributed by atoms with van der Waals surface area (Å²) in [6.07, 6.45) is 14.8. The van der Waals surface area contributed by atoms with Crippen molar-refractivity contribution in [1.29, 1.82) is 5.26 Å². The number of aromatic nitrogens is 14. The summed E-state index contributed by atoms with van der Waals surface area (Å²) in [6, 6.07) is 8.82. The number of carbonyl (C=O) groups is 1. The van der Waals surface area contributed by atoms with Gasteiger partial charge in [-0.2, -0.15) is 19.9 Å². The Hall–Kier alpha value is -11.0. The van der Waals surface area contributed by atoms with Gasteiger partial charge in [0.1, 0.15) is 29.9 Å². The van der Waals surface area contributed by atoms with Crippen molar-refractivity contribution in [2.75, 3.05) is 0 Å². The SMILES string of the molecule is CC(C)C(=O)NC#N.CC(C)c1c[nH]oc1=O.CC(C)c1cc(=O)[nH]n1C.CC(C)c1cc(=O)[nH]o1.CC(C)c1cc(=O)[nH]s1.CC(C)c1cc(F)c(O)c(F)c1.CC(C)c1ccnn1O.CC(C)c1cncn1O.CC(C)c1cnnn1O.CC(C)c1cocc(O)c1=O.CC(C)c1nccn1O. The van der Waals surface area contributed by atoms with Crippen LogP contribution in [-0.4, -0.2) is 106 Å². The minimum atomic E-state index is -0.904. The lowest BCUT2D eigenvalue weighted by Crippen LogP contribution is -2.22. The first kappa shape index (κ1) is 93.0. The van der Waals surface area contributed by atoms with E-state index in [0.717, 1.165) is 65.2 Å². The number of imidazole rings is 2. The zero-order valence-corrected chi connectivity index (χ0v) is 64.3. The molecule has 1 amide bonds. The van der Waals surface area contributed by atoms with Crippen LogP contribution in [0.4, 0.5) is 8.78 Å². The molecule has 0 fully saturated rings. The van der Waals surface area contributed by atoms with Crippen LogP contribution in [0.25, 0.3) is 0 Å². The van der Waals surface area contributed by atoms with Crippen LogP contribution >= 0.6 is 11.5 Å². The van der Waals surface area contributed by atoms with Gasteiger partial charge in [-0.05, 0) is 70.4 Å². The number of nitriles is 1. The fraction of sp³-hybridized carbons (Fsp3) is 0.486. The molecule has 9 aromatic heterocycles. The summed E-state index contributed by atoms with van der Waals surface area (Å²) in [5.74, 6) is 0.789. The maximum absolute atomic E-state index is 12.7. The molecule has 0 aliphatic carbocycles. The molecule has 0 aliphatic heterocycles. The zero-order valence-electron chi connectivity index (χ0n) is 63.5. The molecule has 0 saturated carbocycles. The van der Waals surface area contributed by atoms with Crippen molar-refractivity contribution in [3.05, 3.63) is 212 Å². The summed E-state index contributed by atoms with van der Waals surface area (Å²) in [7, 11) is 1.84. The Morgan fingerprint density at radius 2 is 1.19 bits per heavy atom. The number of nitrogens with one attached hydrogen (secondary N) is 5. The van der Waals surface area contributed by atoms with E-state index in [9.17, 15) is 37.5 Å². The quantitative estimate of drug-likeness (QED) is 0.0325. The Labute approximate surface area is 606 Å². The van der Waals surface area contributed by atoms with Gasteiger partial charge < -0.3 is 44.5 Å². The summed E-state index contributed by atoms with van der Waals surface area (Å²) >= 11 is 1.42. The molecule has 10 aromatic rings. The first-order chi connectivity index (χ1) is 48.4. The Bertz CT molecular complexity index is 4110. The molecule has 0 unspecified atom stereocenters. The molecule has 9 heterocycles. The van der Waals surface area contributed by atoms with Crippen molar-refractivity contribution in [2.45, 2.75) is 212 Å². The number of phenols is 1. The summed E-state index contributed by atoms with van der Waals surface area (Å²) in [6.45, 7) is 42.8. The second-order valence-electron chi connectivity index (χ2n) is 26.1. The number of benzene rings is 1. The number of amides is 1. The number of hydrogen-bond acceptors (Lipinski definition) is 22. The standard InChI is InChI=1S/C9H10F2O.C8H10O3.C7H12N2O.3C6H10N2O.2C6H9NO2.C6H9NOS.C5H9N3O.C5H8N2O/c1-5(2)6-3-7(10)9(12)8(11)4-6;1-5(2)6-3-11-4-7(9)8(6)10;1-5(2)6-4-7(10)8-9(6)3;1-5(2)6-3-7-4-8(6)9;1-5(2)6-7-3-4-8(6)9;1-5(2)6-3-4-7-8(6)9;1-4(2)5-3-7-9-6(5)8;2*1-4(2)5-3-6(8)7-9-5;1-4(2)5-3-6-7-8(5)9;1-4(2)5(8)7-3-6/h3-5,12H,1-2H3;3-5,9H,1-2H3;4-5H,1-3H3,(H,8,10);3*3-5,9H,1-2H3;3-4,7H,1-2H3;2*3-4H,1-2H3,(H,7,8);3-4,9H,1-2H3;4H,1-2H3,(H,7,8). The van der Waals surface area contributed by atoms with Crippen LogP contribution in [0, 0.1) is 29.0 Å². The van der Waals surface area contributed by atoms with Crippen LogP contribution in [0.3, 0.4) is 0 Å². The van der Waals surface area contributed by atoms with Gasteiger partial charge >= 0.3 is 5.63 Å². The molecule has 0 radical (unpaired) electrons. The molecular weight excluding hydrogens is 1370 g/mol. The molecule has 576 valence electrons. The Kier molecular flexibility index (Phi) is 42.3. The average molecular weight is 1480 g/mol. The summed E-state index contributed by atoms with van der Waals surface area (Å²) < 4.78 is 45.9. The van der Waals surface area contributed by atoms with Crippen molar-refractivity contribution in [3.63, 3.8) is 0 Å². The summed E-state index contributed by atoms with van der Waals surface area (Å²) in [5, 5.41) is 81.1. The first-order valence-electron chi connectivity index (χ1n) is 33.1. The van der Waals surface area contributed by atoms with E-state index in [1.165, 1.54) is 36.4 Å². The highest BCUT2D eigenvalue weighted by Crippen LogP contribution is 2.25. The zero-order chi connectivity index (χ0) is 80.0. The van der Waals surface area contributed by atoms with Crippen LogP contribution in [0.5, 0.6) is 11.5 Å². The normalized spacial score (nSPS) is 10.4. The predicted octanol–water partition coefficient (Wildman–Crippen LogP) is 13.5. The molecule has 11 N–H and O–H groups in total. The lowest BCUT2D eigenvalue weighted by Gasteiger charge is -2.06. The number of phenolic OH excluding ortho intramolecular Hbond substituents is 1. The maximum Gasteiger partial charge on any atom is 0.360 e. The predicted molar refractivity (Wildman–Crippen MR) is 389 cm³/mol. The van der Waals surface area contributed by atoms with Gasteiger partial charge in [0.15, 0.2) is 29.3 Å².